The molecule has 0 aliphatic carbocycles. The van der Waals surface area contributed by atoms with Gasteiger partial charge in [0, 0.05) is 31.5 Å². The summed E-state index contributed by atoms with van der Waals surface area (Å²) in [6.07, 6.45) is 2.73. The first-order valence-corrected chi connectivity index (χ1v) is 13.1. The first-order valence-electron chi connectivity index (χ1n) is 13.1. The van der Waals surface area contributed by atoms with Crippen LogP contribution in [-0.2, 0) is 22.6 Å². The minimum absolute atomic E-state index is 0.00351. The van der Waals surface area contributed by atoms with E-state index in [1.54, 1.807) is 25.3 Å². The molecule has 0 fully saturated rings. The summed E-state index contributed by atoms with van der Waals surface area (Å²) in [4.78, 5) is 28.5. The van der Waals surface area contributed by atoms with E-state index in [9.17, 15) is 14.0 Å². The van der Waals surface area contributed by atoms with Crippen LogP contribution in [0.4, 0.5) is 4.39 Å². The monoisotopic (exact) mass is 520 g/mol. The van der Waals surface area contributed by atoms with Gasteiger partial charge in [0.2, 0.25) is 11.8 Å². The van der Waals surface area contributed by atoms with Gasteiger partial charge in [-0.1, -0.05) is 61.9 Å². The molecule has 0 saturated heterocycles. The number of nitrogens with one attached hydrogen (secondary N) is 1. The van der Waals surface area contributed by atoms with Crippen LogP contribution in [-0.4, -0.2) is 43.0 Å². The van der Waals surface area contributed by atoms with Crippen molar-refractivity contribution in [3.63, 3.8) is 0 Å². The van der Waals surface area contributed by atoms with Gasteiger partial charge in [-0.2, -0.15) is 0 Å². The number of carbonyl (C=O) groups excluding carboxylic acids is 2. The van der Waals surface area contributed by atoms with Crippen LogP contribution < -0.4 is 14.8 Å². The number of hydrogen-bond acceptors (Lipinski definition) is 4. The molecule has 0 saturated carbocycles. The van der Waals surface area contributed by atoms with Gasteiger partial charge in [0.25, 0.3) is 0 Å². The van der Waals surface area contributed by atoms with Crippen molar-refractivity contribution in [1.82, 2.24) is 10.2 Å². The second-order valence-electron chi connectivity index (χ2n) is 9.09. The number of amides is 2. The molecule has 3 rings (SSSR count). The Balaban J connectivity index is 1.76. The van der Waals surface area contributed by atoms with Crippen LogP contribution in [0.15, 0.2) is 78.9 Å². The van der Waals surface area contributed by atoms with Crippen molar-refractivity contribution < 1.29 is 23.5 Å². The first kappa shape index (κ1) is 28.7. The van der Waals surface area contributed by atoms with Gasteiger partial charge in [0.15, 0.2) is 0 Å². The molecular formula is C31H37FN2O4. The Bertz CT molecular complexity index is 1140. The molecule has 0 aliphatic heterocycles. The summed E-state index contributed by atoms with van der Waals surface area (Å²) in [5, 5.41) is 2.98. The van der Waals surface area contributed by atoms with Crippen LogP contribution in [0.3, 0.4) is 0 Å². The number of hydrogen-bond donors (Lipinski definition) is 1. The predicted molar refractivity (Wildman–Crippen MR) is 147 cm³/mol. The molecule has 38 heavy (non-hydrogen) atoms. The van der Waals surface area contributed by atoms with Gasteiger partial charge < -0.3 is 19.7 Å². The number of methoxy groups -OCH3 is 1. The highest BCUT2D eigenvalue weighted by atomic mass is 19.1. The molecule has 3 aromatic carbocycles. The quantitative estimate of drug-likeness (QED) is 0.267. The topological polar surface area (TPSA) is 67.9 Å². The van der Waals surface area contributed by atoms with E-state index in [0.29, 0.717) is 37.3 Å². The van der Waals surface area contributed by atoms with Gasteiger partial charge in [-0.15, -0.1) is 0 Å². The zero-order chi connectivity index (χ0) is 27.2. The van der Waals surface area contributed by atoms with Gasteiger partial charge >= 0.3 is 0 Å². The van der Waals surface area contributed by atoms with Crippen molar-refractivity contribution in [1.29, 1.82) is 0 Å². The second kappa shape index (κ2) is 15.4. The van der Waals surface area contributed by atoms with Crippen molar-refractivity contribution in [2.45, 2.75) is 51.6 Å². The summed E-state index contributed by atoms with van der Waals surface area (Å²) in [5.41, 5.74) is 1.30. The molecule has 1 unspecified atom stereocenters. The van der Waals surface area contributed by atoms with Crippen LogP contribution in [0.25, 0.3) is 0 Å². The minimum Gasteiger partial charge on any atom is -0.497 e. The van der Waals surface area contributed by atoms with E-state index in [0.717, 1.165) is 24.2 Å². The number of benzene rings is 3. The van der Waals surface area contributed by atoms with E-state index in [4.69, 9.17) is 9.47 Å². The molecule has 7 heteroatoms. The van der Waals surface area contributed by atoms with Gasteiger partial charge in [-0.3, -0.25) is 9.59 Å². The molecule has 1 atom stereocenters. The molecule has 1 N–H and O–H groups in total. The summed E-state index contributed by atoms with van der Waals surface area (Å²) >= 11 is 0. The highest BCUT2D eigenvalue weighted by Crippen LogP contribution is 2.20. The molecule has 0 aliphatic rings. The summed E-state index contributed by atoms with van der Waals surface area (Å²) in [5.74, 6) is 0.550. The average molecular weight is 521 g/mol. The molecule has 3 aromatic rings. The lowest BCUT2D eigenvalue weighted by molar-refractivity contribution is -0.141. The lowest BCUT2D eigenvalue weighted by Gasteiger charge is -2.32. The Morgan fingerprint density at radius 2 is 1.61 bits per heavy atom. The van der Waals surface area contributed by atoms with Crippen LogP contribution in [0.2, 0.25) is 0 Å². The maximum atomic E-state index is 14.6. The maximum Gasteiger partial charge on any atom is 0.243 e. The van der Waals surface area contributed by atoms with E-state index < -0.39 is 11.9 Å². The molecule has 2 amide bonds. The van der Waals surface area contributed by atoms with E-state index in [1.165, 1.54) is 11.0 Å². The summed E-state index contributed by atoms with van der Waals surface area (Å²) in [6, 6.07) is 22.4. The van der Waals surface area contributed by atoms with Crippen LogP contribution in [0.5, 0.6) is 11.5 Å². The van der Waals surface area contributed by atoms with E-state index in [1.807, 2.05) is 54.6 Å². The zero-order valence-corrected chi connectivity index (χ0v) is 22.2. The smallest absolute Gasteiger partial charge is 0.243 e. The minimum atomic E-state index is -0.774. The van der Waals surface area contributed by atoms with Crippen molar-refractivity contribution in [2.75, 3.05) is 20.3 Å². The third kappa shape index (κ3) is 8.91. The zero-order valence-electron chi connectivity index (χ0n) is 22.2. The Hall–Kier alpha value is -3.87. The number of ether oxygens (including phenoxy) is 2. The molecule has 202 valence electrons. The largest absolute Gasteiger partial charge is 0.497 e. The summed E-state index contributed by atoms with van der Waals surface area (Å²) in [6.45, 7) is 2.91. The van der Waals surface area contributed by atoms with Crippen molar-refractivity contribution in [3.8, 4) is 11.5 Å². The fourth-order valence-electron chi connectivity index (χ4n) is 4.10. The number of carbonyl (C=O) groups is 2. The van der Waals surface area contributed by atoms with Crippen LogP contribution in [0, 0.1) is 5.82 Å². The van der Waals surface area contributed by atoms with Crippen LogP contribution in [0.1, 0.15) is 43.7 Å². The van der Waals surface area contributed by atoms with E-state index in [2.05, 4.69) is 12.2 Å². The SMILES string of the molecule is CCCCNC(=O)C(Cc1ccccc1)N(Cc1ccccc1F)C(=O)CCCOc1ccc(OC)cc1. The lowest BCUT2D eigenvalue weighted by Crippen LogP contribution is -2.50. The first-order chi connectivity index (χ1) is 18.5. The molecule has 0 spiro atoms. The summed E-state index contributed by atoms with van der Waals surface area (Å²) in [7, 11) is 1.60. The van der Waals surface area contributed by atoms with Gasteiger partial charge in [0.1, 0.15) is 23.4 Å². The Morgan fingerprint density at radius 3 is 2.29 bits per heavy atom. The van der Waals surface area contributed by atoms with Crippen molar-refractivity contribution in [2.24, 2.45) is 0 Å². The maximum absolute atomic E-state index is 14.6. The summed E-state index contributed by atoms with van der Waals surface area (Å²) < 4.78 is 25.6. The van der Waals surface area contributed by atoms with Crippen molar-refractivity contribution >= 4 is 11.8 Å². The van der Waals surface area contributed by atoms with E-state index in [-0.39, 0.29) is 24.8 Å². The number of halogens is 1. The molecule has 0 bridgehead atoms. The lowest BCUT2D eigenvalue weighted by atomic mass is 10.0. The van der Waals surface area contributed by atoms with Gasteiger partial charge in [0.05, 0.1) is 13.7 Å². The Labute approximate surface area is 224 Å². The van der Waals surface area contributed by atoms with Gasteiger partial charge in [-0.25, -0.2) is 4.39 Å². The normalized spacial score (nSPS) is 11.4. The second-order valence-corrected chi connectivity index (χ2v) is 9.09. The number of nitrogens with zero attached hydrogens (tertiary/aromatic N) is 1. The highest BCUT2D eigenvalue weighted by molar-refractivity contribution is 5.88. The third-order valence-electron chi connectivity index (χ3n) is 6.26. The Kier molecular flexibility index (Phi) is 11.6. The highest BCUT2D eigenvalue weighted by Gasteiger charge is 2.30. The third-order valence-corrected chi connectivity index (χ3v) is 6.26. The number of rotatable bonds is 15. The number of unbranched alkanes of at least 4 members (excludes halogenated alkanes) is 1. The molecule has 0 aromatic heterocycles. The standard InChI is InChI=1S/C31H37FN2O4/c1-3-4-20-33-31(36)29(22-24-11-6-5-7-12-24)34(23-25-13-8-9-14-28(25)32)30(35)15-10-21-38-27-18-16-26(37-2)17-19-27/h5-9,11-14,16-19,29H,3-4,10,15,20-23H2,1-2H3,(H,33,36). The average Bonchev–Trinajstić information content (AvgIpc) is 2.94. The molecule has 0 heterocycles. The van der Waals surface area contributed by atoms with Crippen molar-refractivity contribution in [3.05, 3.63) is 95.8 Å². The van der Waals surface area contributed by atoms with Crippen LogP contribution >= 0.6 is 0 Å². The predicted octanol–water partition coefficient (Wildman–Crippen LogP) is 5.55. The molecule has 6 nitrogen and oxygen atoms in total. The Morgan fingerprint density at radius 1 is 0.921 bits per heavy atom. The fourth-order valence-corrected chi connectivity index (χ4v) is 4.10. The van der Waals surface area contributed by atoms with Gasteiger partial charge in [-0.05, 0) is 48.7 Å². The fraction of sp³-hybridized carbons (Fsp3) is 0.355. The molecule has 0 radical (unpaired) electrons. The van der Waals surface area contributed by atoms with E-state index >= 15 is 0 Å². The molecular weight excluding hydrogens is 483 g/mol.